The third kappa shape index (κ3) is 4.35. The number of carbonyl (C=O) groups is 2. The Balaban J connectivity index is 1.31. The van der Waals surface area contributed by atoms with Crippen LogP contribution in [-0.4, -0.2) is 70.8 Å². The molecule has 2 aromatic heterocycles. The first-order valence-electron chi connectivity index (χ1n) is 9.98. The van der Waals surface area contributed by atoms with Crippen molar-refractivity contribution in [3.8, 4) is 5.75 Å². The zero-order valence-electron chi connectivity index (χ0n) is 17.2. The van der Waals surface area contributed by atoms with Crippen molar-refractivity contribution in [1.82, 2.24) is 19.2 Å². The van der Waals surface area contributed by atoms with Crippen LogP contribution >= 0.6 is 0 Å². The number of hydrogen-bond acceptors (Lipinski definition) is 6. The van der Waals surface area contributed by atoms with Crippen LogP contribution in [0.4, 0.5) is 5.69 Å². The fraction of sp³-hybridized carbons (Fsp3) is 0.273. The van der Waals surface area contributed by atoms with Crippen molar-refractivity contribution in [2.24, 2.45) is 0 Å². The Labute approximate surface area is 178 Å². The second-order valence-corrected chi connectivity index (χ2v) is 7.16. The number of fused-ring (bicyclic) bond motifs is 1. The Morgan fingerprint density at radius 3 is 2.45 bits per heavy atom. The van der Waals surface area contributed by atoms with E-state index in [0.717, 1.165) is 0 Å². The molecule has 0 unspecified atom stereocenters. The zero-order valence-corrected chi connectivity index (χ0v) is 17.2. The zero-order chi connectivity index (χ0) is 21.8. The minimum atomic E-state index is -0.256. The molecule has 0 saturated carbocycles. The highest BCUT2D eigenvalue weighted by atomic mass is 16.5. The lowest BCUT2D eigenvalue weighted by Crippen LogP contribution is -2.51. The summed E-state index contributed by atoms with van der Waals surface area (Å²) in [4.78, 5) is 45.4. The van der Waals surface area contributed by atoms with Crippen molar-refractivity contribution in [2.75, 3.05) is 45.2 Å². The van der Waals surface area contributed by atoms with Gasteiger partial charge < -0.3 is 19.9 Å². The highest BCUT2D eigenvalue weighted by Gasteiger charge is 2.25. The van der Waals surface area contributed by atoms with Crippen molar-refractivity contribution >= 4 is 23.1 Å². The predicted octanol–water partition coefficient (Wildman–Crippen LogP) is 1.10. The molecule has 2 amide bonds. The van der Waals surface area contributed by atoms with Gasteiger partial charge in [-0.3, -0.25) is 18.8 Å². The number of benzene rings is 1. The van der Waals surface area contributed by atoms with Crippen molar-refractivity contribution in [1.29, 1.82) is 0 Å². The summed E-state index contributed by atoms with van der Waals surface area (Å²) < 4.78 is 6.55. The second kappa shape index (κ2) is 8.86. The number of hydrogen-bond donors (Lipinski definition) is 1. The van der Waals surface area contributed by atoms with Gasteiger partial charge in [0.25, 0.3) is 11.5 Å². The summed E-state index contributed by atoms with van der Waals surface area (Å²) in [6.07, 6.45) is 3.08. The first kappa shape index (κ1) is 20.4. The Morgan fingerprint density at radius 2 is 1.74 bits per heavy atom. The van der Waals surface area contributed by atoms with Gasteiger partial charge in [-0.25, -0.2) is 4.98 Å². The van der Waals surface area contributed by atoms with Crippen LogP contribution in [-0.2, 0) is 4.79 Å². The Bertz CT molecular complexity index is 1150. The first-order chi connectivity index (χ1) is 15.1. The van der Waals surface area contributed by atoms with E-state index in [1.807, 2.05) is 0 Å². The minimum absolute atomic E-state index is 0.0117. The van der Waals surface area contributed by atoms with Gasteiger partial charge in [-0.05, 0) is 36.4 Å². The van der Waals surface area contributed by atoms with Crippen LogP contribution in [0.2, 0.25) is 0 Å². The normalized spacial score (nSPS) is 13.8. The number of amides is 2. The molecule has 4 rings (SSSR count). The SMILES string of the molecule is COc1ccc(C(=O)N2CCN(C(=O)CNc3cnc4ccccn4c3=O)CC2)cc1. The molecular formula is C22H23N5O4. The lowest BCUT2D eigenvalue weighted by molar-refractivity contribution is -0.130. The van der Waals surface area contributed by atoms with Crippen molar-refractivity contribution < 1.29 is 14.3 Å². The number of nitrogens with zero attached hydrogens (tertiary/aromatic N) is 4. The summed E-state index contributed by atoms with van der Waals surface area (Å²) in [6, 6.07) is 12.3. The van der Waals surface area contributed by atoms with E-state index in [4.69, 9.17) is 4.74 Å². The maximum atomic E-state index is 12.7. The maximum Gasteiger partial charge on any atom is 0.281 e. The molecule has 3 aromatic rings. The number of anilines is 1. The van der Waals surface area contributed by atoms with E-state index < -0.39 is 0 Å². The fourth-order valence-electron chi connectivity index (χ4n) is 3.51. The molecule has 9 nitrogen and oxygen atoms in total. The highest BCUT2D eigenvalue weighted by molar-refractivity contribution is 5.94. The monoisotopic (exact) mass is 421 g/mol. The van der Waals surface area contributed by atoms with E-state index in [2.05, 4.69) is 10.3 Å². The molecule has 0 spiro atoms. The summed E-state index contributed by atoms with van der Waals surface area (Å²) in [5.74, 6) is 0.498. The standard InChI is InChI=1S/C22H23N5O4/c1-31-17-7-5-16(6-8-17)21(29)26-12-10-25(11-13-26)20(28)15-23-18-14-24-19-4-2-3-9-27(19)22(18)30/h2-9,14,23H,10-13,15H2,1H3. The van der Waals surface area contributed by atoms with Gasteiger partial charge in [0.1, 0.15) is 17.1 Å². The Morgan fingerprint density at radius 1 is 1.03 bits per heavy atom. The summed E-state index contributed by atoms with van der Waals surface area (Å²) >= 11 is 0. The molecular weight excluding hydrogens is 398 g/mol. The minimum Gasteiger partial charge on any atom is -0.497 e. The molecule has 9 heteroatoms. The van der Waals surface area contributed by atoms with Crippen molar-refractivity contribution in [3.05, 3.63) is 70.8 Å². The van der Waals surface area contributed by atoms with Crippen LogP contribution in [0, 0.1) is 0 Å². The van der Waals surface area contributed by atoms with Crippen molar-refractivity contribution in [2.45, 2.75) is 0 Å². The van der Waals surface area contributed by atoms with Crippen molar-refractivity contribution in [3.63, 3.8) is 0 Å². The summed E-state index contributed by atoms with van der Waals surface area (Å²) in [5, 5.41) is 2.89. The molecule has 0 radical (unpaired) electrons. The molecule has 160 valence electrons. The smallest absolute Gasteiger partial charge is 0.281 e. The number of ether oxygens (including phenoxy) is 1. The Kier molecular flexibility index (Phi) is 5.83. The lowest BCUT2D eigenvalue weighted by Gasteiger charge is -2.35. The van der Waals surface area contributed by atoms with Crippen LogP contribution in [0.15, 0.2) is 59.7 Å². The number of piperazine rings is 1. The van der Waals surface area contributed by atoms with E-state index in [1.54, 1.807) is 65.6 Å². The van der Waals surface area contributed by atoms with Gasteiger partial charge in [0.2, 0.25) is 5.91 Å². The quantitative estimate of drug-likeness (QED) is 0.663. The highest BCUT2D eigenvalue weighted by Crippen LogP contribution is 2.14. The maximum absolute atomic E-state index is 12.7. The largest absolute Gasteiger partial charge is 0.497 e. The van der Waals surface area contributed by atoms with Gasteiger partial charge >= 0.3 is 0 Å². The van der Waals surface area contributed by atoms with Crippen LogP contribution in [0.3, 0.4) is 0 Å². The number of methoxy groups -OCH3 is 1. The van der Waals surface area contributed by atoms with E-state index in [9.17, 15) is 14.4 Å². The Hall–Kier alpha value is -3.88. The van der Waals surface area contributed by atoms with Gasteiger partial charge in [-0.2, -0.15) is 0 Å². The second-order valence-electron chi connectivity index (χ2n) is 7.16. The molecule has 1 aliphatic rings. The first-order valence-corrected chi connectivity index (χ1v) is 9.98. The fourth-order valence-corrected chi connectivity index (χ4v) is 3.51. The third-order valence-electron chi connectivity index (χ3n) is 5.30. The van der Waals surface area contributed by atoms with E-state index in [0.29, 0.717) is 43.1 Å². The molecule has 1 N–H and O–H groups in total. The summed E-state index contributed by atoms with van der Waals surface area (Å²) in [7, 11) is 1.58. The number of aromatic nitrogens is 2. The average molecular weight is 421 g/mol. The van der Waals surface area contributed by atoms with Gasteiger partial charge in [-0.1, -0.05) is 6.07 Å². The van der Waals surface area contributed by atoms with Crippen LogP contribution < -0.4 is 15.6 Å². The molecule has 0 aliphatic carbocycles. The average Bonchev–Trinajstić information content (AvgIpc) is 2.83. The van der Waals surface area contributed by atoms with Crippen LogP contribution in [0.5, 0.6) is 5.75 Å². The molecule has 31 heavy (non-hydrogen) atoms. The van der Waals surface area contributed by atoms with Crippen LogP contribution in [0.1, 0.15) is 10.4 Å². The molecule has 0 atom stereocenters. The molecule has 1 saturated heterocycles. The summed E-state index contributed by atoms with van der Waals surface area (Å²) in [6.45, 7) is 1.78. The molecule has 3 heterocycles. The number of rotatable bonds is 5. The number of nitrogens with one attached hydrogen (secondary N) is 1. The van der Waals surface area contributed by atoms with E-state index in [-0.39, 0.29) is 29.6 Å². The van der Waals surface area contributed by atoms with Gasteiger partial charge in [0.05, 0.1) is 19.9 Å². The molecule has 1 aromatic carbocycles. The topological polar surface area (TPSA) is 96.2 Å². The molecule has 1 aliphatic heterocycles. The molecule has 0 bridgehead atoms. The predicted molar refractivity (Wildman–Crippen MR) is 115 cm³/mol. The van der Waals surface area contributed by atoms with E-state index >= 15 is 0 Å². The van der Waals surface area contributed by atoms with Gasteiger partial charge in [0, 0.05) is 37.9 Å². The number of carbonyl (C=O) groups excluding carboxylic acids is 2. The third-order valence-corrected chi connectivity index (χ3v) is 5.30. The van der Waals surface area contributed by atoms with Gasteiger partial charge in [0.15, 0.2) is 0 Å². The van der Waals surface area contributed by atoms with Crippen LogP contribution in [0.25, 0.3) is 5.65 Å². The number of pyridine rings is 1. The van der Waals surface area contributed by atoms with E-state index in [1.165, 1.54) is 10.6 Å². The van der Waals surface area contributed by atoms with Gasteiger partial charge in [-0.15, -0.1) is 0 Å². The lowest BCUT2D eigenvalue weighted by atomic mass is 10.1. The molecule has 1 fully saturated rings. The summed E-state index contributed by atoms with van der Waals surface area (Å²) in [5.41, 5.74) is 1.15.